The van der Waals surface area contributed by atoms with Crippen molar-refractivity contribution in [2.75, 3.05) is 40.9 Å². The van der Waals surface area contributed by atoms with E-state index in [0.29, 0.717) is 35.6 Å². The molecular formula is C9H21INO4PS. The highest BCUT2D eigenvalue weighted by molar-refractivity contribution is 8.48. The van der Waals surface area contributed by atoms with E-state index in [2.05, 4.69) is 0 Å². The SMILES string of the molecule is CCOC(C[N+](C)(C)C)(OCC)SP(=O)=O.[I-]. The molecule has 0 saturated carbocycles. The maximum atomic E-state index is 10.9. The Balaban J connectivity index is 0. The topological polar surface area (TPSA) is 52.6 Å². The molecule has 0 bridgehead atoms. The van der Waals surface area contributed by atoms with E-state index in [1.54, 1.807) is 0 Å². The van der Waals surface area contributed by atoms with E-state index in [4.69, 9.17) is 9.47 Å². The van der Waals surface area contributed by atoms with Gasteiger partial charge in [-0.2, -0.15) is 0 Å². The third-order valence-electron chi connectivity index (χ3n) is 1.61. The number of ether oxygens (including phenoxy) is 2. The first-order chi connectivity index (χ1) is 7.24. The van der Waals surface area contributed by atoms with E-state index in [-0.39, 0.29) is 24.0 Å². The van der Waals surface area contributed by atoms with Gasteiger partial charge in [0.05, 0.1) is 21.1 Å². The zero-order chi connectivity index (χ0) is 12.8. The first kappa shape index (κ1) is 20.2. The molecule has 0 aliphatic heterocycles. The molecule has 0 spiro atoms. The first-order valence-electron chi connectivity index (χ1n) is 5.16. The second-order valence-corrected chi connectivity index (χ2v) is 7.01. The lowest BCUT2D eigenvalue weighted by atomic mass is 10.5. The van der Waals surface area contributed by atoms with Crippen molar-refractivity contribution < 1.29 is 47.1 Å². The smallest absolute Gasteiger partial charge is 0.383 e. The molecule has 0 aromatic rings. The van der Waals surface area contributed by atoms with Crippen LogP contribution in [0.15, 0.2) is 0 Å². The van der Waals surface area contributed by atoms with Crippen molar-refractivity contribution in [3.8, 4) is 0 Å². The van der Waals surface area contributed by atoms with Crippen molar-refractivity contribution in [1.29, 1.82) is 0 Å². The van der Waals surface area contributed by atoms with Gasteiger partial charge in [-0.25, -0.2) is 9.13 Å². The monoisotopic (exact) mass is 397 g/mol. The Labute approximate surface area is 125 Å². The van der Waals surface area contributed by atoms with Crippen molar-refractivity contribution in [2.45, 2.75) is 19.0 Å². The van der Waals surface area contributed by atoms with Gasteiger partial charge < -0.3 is 37.9 Å². The quantitative estimate of drug-likeness (QED) is 0.234. The van der Waals surface area contributed by atoms with Gasteiger partial charge in [0.2, 0.25) is 0 Å². The van der Waals surface area contributed by atoms with Crippen LogP contribution in [0.3, 0.4) is 0 Å². The van der Waals surface area contributed by atoms with Crippen LogP contribution in [0, 0.1) is 0 Å². The fraction of sp³-hybridized carbons (Fsp3) is 1.00. The van der Waals surface area contributed by atoms with Crippen LogP contribution < -0.4 is 24.0 Å². The Morgan fingerprint density at radius 1 is 1.12 bits per heavy atom. The van der Waals surface area contributed by atoms with Gasteiger partial charge in [-0.3, -0.25) is 0 Å². The fourth-order valence-electron chi connectivity index (χ4n) is 1.35. The van der Waals surface area contributed by atoms with Crippen molar-refractivity contribution in [3.63, 3.8) is 0 Å². The molecule has 0 atom stereocenters. The summed E-state index contributed by atoms with van der Waals surface area (Å²) in [6.07, 6.45) is 0. The van der Waals surface area contributed by atoms with E-state index in [0.717, 1.165) is 0 Å². The molecule has 0 saturated heterocycles. The summed E-state index contributed by atoms with van der Waals surface area (Å²) < 4.78 is 33.3. The standard InChI is InChI=1S/C9H21NO4PS.HI/c1-6-13-9(14-7-2,16-15(11)12)8-10(3,4)5;/h6-8H2,1-5H3;1H/q+1;/p-1. The molecule has 0 aromatic carbocycles. The molecule has 8 heteroatoms. The molecular weight excluding hydrogens is 376 g/mol. The number of quaternary nitrogens is 1. The normalized spacial score (nSPS) is 12.1. The van der Waals surface area contributed by atoms with Crippen LogP contribution in [0.2, 0.25) is 0 Å². The number of hydrogen-bond donors (Lipinski definition) is 0. The summed E-state index contributed by atoms with van der Waals surface area (Å²) in [6, 6.07) is 0. The lowest BCUT2D eigenvalue weighted by Gasteiger charge is -2.35. The summed E-state index contributed by atoms with van der Waals surface area (Å²) in [5.74, 6) is 0. The number of likely N-dealkylation sites (N-methyl/N-ethyl adjacent to an activating group) is 1. The minimum Gasteiger partial charge on any atom is -1.00 e. The van der Waals surface area contributed by atoms with Crippen LogP contribution in [0.4, 0.5) is 0 Å². The maximum Gasteiger partial charge on any atom is 0.383 e. The van der Waals surface area contributed by atoms with E-state index < -0.39 is 12.0 Å². The van der Waals surface area contributed by atoms with Gasteiger partial charge >= 0.3 is 6.88 Å². The maximum absolute atomic E-state index is 10.9. The third-order valence-corrected chi connectivity index (χ3v) is 3.68. The van der Waals surface area contributed by atoms with Crippen molar-refractivity contribution in [2.24, 2.45) is 0 Å². The van der Waals surface area contributed by atoms with Gasteiger partial charge in [0.1, 0.15) is 6.54 Å². The summed E-state index contributed by atoms with van der Waals surface area (Å²) in [5.41, 5.74) is 0. The number of rotatable bonds is 8. The van der Waals surface area contributed by atoms with Crippen molar-refractivity contribution >= 4 is 18.3 Å². The predicted molar refractivity (Wildman–Crippen MR) is 64.8 cm³/mol. The fourth-order valence-corrected chi connectivity index (χ4v) is 3.53. The number of halogens is 1. The summed E-state index contributed by atoms with van der Waals surface area (Å²) in [5, 5.41) is -1.10. The highest BCUT2D eigenvalue weighted by Gasteiger charge is 2.41. The summed E-state index contributed by atoms with van der Waals surface area (Å²) in [4.78, 5) is 0. The molecule has 0 aliphatic carbocycles. The highest BCUT2D eigenvalue weighted by atomic mass is 127. The molecule has 0 N–H and O–H groups in total. The summed E-state index contributed by atoms with van der Waals surface area (Å²) >= 11 is 0.717. The molecule has 0 amide bonds. The average Bonchev–Trinajstić information content (AvgIpc) is 1.98. The third kappa shape index (κ3) is 9.44. The zero-order valence-corrected chi connectivity index (χ0v) is 14.8. The van der Waals surface area contributed by atoms with Crippen LogP contribution in [-0.2, 0) is 18.6 Å². The van der Waals surface area contributed by atoms with Crippen molar-refractivity contribution in [3.05, 3.63) is 0 Å². The second-order valence-electron chi connectivity index (χ2n) is 4.31. The van der Waals surface area contributed by atoms with E-state index >= 15 is 0 Å². The molecule has 0 aromatic heterocycles. The lowest BCUT2D eigenvalue weighted by Crippen LogP contribution is -3.00. The largest absolute Gasteiger partial charge is 1.00 e. The van der Waals surface area contributed by atoms with E-state index in [1.807, 2.05) is 35.0 Å². The molecule has 0 rings (SSSR count). The van der Waals surface area contributed by atoms with Gasteiger partial charge in [0.15, 0.2) is 0 Å². The van der Waals surface area contributed by atoms with Gasteiger partial charge in [-0.1, -0.05) is 0 Å². The van der Waals surface area contributed by atoms with Gasteiger partial charge in [0.25, 0.3) is 5.12 Å². The molecule has 104 valence electrons. The van der Waals surface area contributed by atoms with Gasteiger partial charge in [0, 0.05) is 24.6 Å². The molecule has 0 unspecified atom stereocenters. The Kier molecular flexibility index (Phi) is 10.5. The average molecular weight is 397 g/mol. The van der Waals surface area contributed by atoms with Gasteiger partial charge in [-0.15, -0.1) is 0 Å². The molecule has 17 heavy (non-hydrogen) atoms. The molecule has 0 fully saturated rings. The minimum absolute atomic E-state index is 0. The van der Waals surface area contributed by atoms with Crippen LogP contribution in [0.25, 0.3) is 0 Å². The second kappa shape index (κ2) is 8.87. The molecule has 0 radical (unpaired) electrons. The Hall–Kier alpha value is 0.860. The lowest BCUT2D eigenvalue weighted by molar-refractivity contribution is -0.878. The number of nitrogens with zero attached hydrogens (tertiary/aromatic N) is 1. The van der Waals surface area contributed by atoms with Gasteiger partial charge in [-0.05, 0) is 13.8 Å². The summed E-state index contributed by atoms with van der Waals surface area (Å²) in [7, 11) is 5.89. The van der Waals surface area contributed by atoms with Crippen LogP contribution in [-0.4, -0.2) is 50.5 Å². The molecule has 0 heterocycles. The number of hydrogen-bond acceptors (Lipinski definition) is 5. The van der Waals surface area contributed by atoms with E-state index in [9.17, 15) is 9.13 Å². The Morgan fingerprint density at radius 2 is 1.53 bits per heavy atom. The summed E-state index contributed by atoms with van der Waals surface area (Å²) in [6.45, 7) is 2.32. The first-order valence-corrected chi connectivity index (χ1v) is 7.76. The Bertz CT molecular complexity index is 267. The van der Waals surface area contributed by atoms with Crippen LogP contribution in [0.5, 0.6) is 0 Å². The van der Waals surface area contributed by atoms with Crippen LogP contribution >= 0.6 is 18.3 Å². The Morgan fingerprint density at radius 3 is 1.76 bits per heavy atom. The zero-order valence-electron chi connectivity index (χ0n) is 10.9. The van der Waals surface area contributed by atoms with Crippen molar-refractivity contribution in [1.82, 2.24) is 0 Å². The minimum atomic E-state index is -2.61. The molecule has 0 aliphatic rings. The highest BCUT2D eigenvalue weighted by Crippen LogP contribution is 2.42. The molecule has 5 nitrogen and oxygen atoms in total. The van der Waals surface area contributed by atoms with E-state index in [1.165, 1.54) is 0 Å². The predicted octanol–water partition coefficient (Wildman–Crippen LogP) is -0.755. The van der Waals surface area contributed by atoms with Crippen LogP contribution in [0.1, 0.15) is 13.8 Å².